The molecule has 3 saturated carbocycles. The largest absolute Gasteiger partial charge is 0.479 e. The molecule has 0 spiro atoms. The lowest BCUT2D eigenvalue weighted by Gasteiger charge is -2.54. The molecule has 8 nitrogen and oxygen atoms in total. The molecule has 0 aromatic carbocycles. The zero-order valence-corrected chi connectivity index (χ0v) is 18.4. The van der Waals surface area contributed by atoms with Gasteiger partial charge in [0.1, 0.15) is 18.3 Å². The van der Waals surface area contributed by atoms with Crippen molar-refractivity contribution in [2.75, 3.05) is 0 Å². The number of fused-ring (bicyclic) bond motifs is 5. The number of carbonyl (C=O) groups excluding carboxylic acids is 1. The molecule has 5 aliphatic rings. The summed E-state index contributed by atoms with van der Waals surface area (Å²) in [7, 11) is 0. The maximum absolute atomic E-state index is 11.9. The minimum atomic E-state index is -1.71. The third-order valence-electron chi connectivity index (χ3n) is 9.32. The summed E-state index contributed by atoms with van der Waals surface area (Å²) in [5.41, 5.74) is 1.23. The SMILES string of the molecule is C[C@]12CC[C@H]3[C@@H](CCC4=CC(=O)CC[C@@H]43)[C@@H]1CC[C@@H]2O[C@@H]1O[C@H](C(=O)O)[C@@H](O)[C@H](O)[C@@H]1O. The summed E-state index contributed by atoms with van der Waals surface area (Å²) in [6.07, 6.45) is 1.41. The summed E-state index contributed by atoms with van der Waals surface area (Å²) in [5, 5.41) is 39.8. The second-order valence-corrected chi connectivity index (χ2v) is 10.8. The lowest BCUT2D eigenvalue weighted by atomic mass is 9.52. The molecule has 8 heteroatoms. The van der Waals surface area contributed by atoms with Crippen LogP contribution >= 0.6 is 0 Å². The first-order valence-corrected chi connectivity index (χ1v) is 12.0. The minimum absolute atomic E-state index is 0.115. The number of rotatable bonds is 3. The Morgan fingerprint density at radius 3 is 2.56 bits per heavy atom. The number of hydrogen-bond acceptors (Lipinski definition) is 7. The van der Waals surface area contributed by atoms with Gasteiger partial charge in [0.25, 0.3) is 0 Å². The first-order chi connectivity index (χ1) is 15.2. The van der Waals surface area contributed by atoms with Gasteiger partial charge in [0.05, 0.1) is 6.10 Å². The highest BCUT2D eigenvalue weighted by atomic mass is 16.7. The predicted octanol–water partition coefficient (Wildman–Crippen LogP) is 1.41. The van der Waals surface area contributed by atoms with Crippen LogP contribution in [0.2, 0.25) is 0 Å². The third kappa shape index (κ3) is 3.46. The number of hydrogen-bond donors (Lipinski definition) is 4. The predicted molar refractivity (Wildman–Crippen MR) is 111 cm³/mol. The first-order valence-electron chi connectivity index (χ1n) is 12.0. The van der Waals surface area contributed by atoms with Crippen LogP contribution in [0.1, 0.15) is 58.3 Å². The van der Waals surface area contributed by atoms with Crippen LogP contribution in [0.15, 0.2) is 11.6 Å². The third-order valence-corrected chi connectivity index (χ3v) is 9.32. The van der Waals surface area contributed by atoms with Crippen LogP contribution in [0.3, 0.4) is 0 Å². The van der Waals surface area contributed by atoms with Gasteiger partial charge in [0.15, 0.2) is 18.2 Å². The van der Waals surface area contributed by atoms with Gasteiger partial charge in [-0.1, -0.05) is 12.5 Å². The van der Waals surface area contributed by atoms with E-state index >= 15 is 0 Å². The minimum Gasteiger partial charge on any atom is -0.479 e. The van der Waals surface area contributed by atoms with Crippen molar-refractivity contribution in [1.29, 1.82) is 0 Å². The van der Waals surface area contributed by atoms with Gasteiger partial charge in [-0.25, -0.2) is 4.79 Å². The fraction of sp³-hybridized carbons (Fsp3) is 0.833. The number of carboxylic acid groups (broad SMARTS) is 1. The second kappa shape index (κ2) is 8.17. The van der Waals surface area contributed by atoms with Crippen molar-refractivity contribution in [2.45, 2.75) is 95.1 Å². The van der Waals surface area contributed by atoms with Crippen LogP contribution in [0, 0.1) is 29.1 Å². The molecule has 0 unspecified atom stereocenters. The number of ether oxygens (including phenoxy) is 2. The van der Waals surface area contributed by atoms with E-state index < -0.39 is 36.7 Å². The van der Waals surface area contributed by atoms with Gasteiger partial charge in [-0.2, -0.15) is 0 Å². The van der Waals surface area contributed by atoms with E-state index in [4.69, 9.17) is 9.47 Å². The maximum Gasteiger partial charge on any atom is 0.335 e. The van der Waals surface area contributed by atoms with Crippen LogP contribution in [0.25, 0.3) is 0 Å². The number of carboxylic acids is 1. The van der Waals surface area contributed by atoms with Crippen molar-refractivity contribution in [2.24, 2.45) is 29.1 Å². The summed E-state index contributed by atoms with van der Waals surface area (Å²) in [5.74, 6) is 1.04. The molecule has 1 saturated heterocycles. The standard InChI is InChI=1S/C24H34O8/c1-24-9-8-14-13-5-3-12(25)10-11(13)2-4-15(14)16(24)6-7-17(24)31-23-20(28)18(26)19(27)21(32-23)22(29)30/h10,13-21,23,26-28H,2-9H2,1H3,(H,29,30)/t13-,14+,15+,16-,17-,18-,19-,20-,21-,23+,24-/m0/s1. The van der Waals surface area contributed by atoms with E-state index in [0.717, 1.165) is 44.9 Å². The van der Waals surface area contributed by atoms with Gasteiger partial charge < -0.3 is 29.9 Å². The topological polar surface area (TPSA) is 134 Å². The van der Waals surface area contributed by atoms with E-state index in [0.29, 0.717) is 30.1 Å². The Bertz CT molecular complexity index is 810. The summed E-state index contributed by atoms with van der Waals surface area (Å²) in [6, 6.07) is 0. The van der Waals surface area contributed by atoms with Crippen molar-refractivity contribution in [3.05, 3.63) is 11.6 Å². The Morgan fingerprint density at radius 2 is 1.81 bits per heavy atom. The monoisotopic (exact) mass is 450 g/mol. The van der Waals surface area contributed by atoms with E-state index in [1.54, 1.807) is 0 Å². The fourth-order valence-corrected chi connectivity index (χ4v) is 7.68. The molecule has 0 radical (unpaired) electrons. The number of aliphatic hydroxyl groups excluding tert-OH is 3. The molecule has 4 N–H and O–H groups in total. The Labute approximate surface area is 187 Å². The van der Waals surface area contributed by atoms with Crippen molar-refractivity contribution in [3.63, 3.8) is 0 Å². The maximum atomic E-state index is 11.9. The first kappa shape index (κ1) is 22.5. The highest BCUT2D eigenvalue weighted by molar-refractivity contribution is 5.91. The van der Waals surface area contributed by atoms with Gasteiger partial charge in [-0.15, -0.1) is 0 Å². The number of carbonyl (C=O) groups is 2. The molecule has 4 aliphatic carbocycles. The van der Waals surface area contributed by atoms with Gasteiger partial charge in [0.2, 0.25) is 0 Å². The molecule has 11 atom stereocenters. The average molecular weight is 451 g/mol. The Kier molecular flexibility index (Phi) is 5.73. The summed E-state index contributed by atoms with van der Waals surface area (Å²) < 4.78 is 11.6. The molecule has 0 bridgehead atoms. The molecule has 0 amide bonds. The molecule has 4 fully saturated rings. The average Bonchev–Trinajstić information content (AvgIpc) is 3.09. The van der Waals surface area contributed by atoms with Gasteiger partial charge in [0, 0.05) is 6.42 Å². The summed E-state index contributed by atoms with van der Waals surface area (Å²) >= 11 is 0. The Balaban J connectivity index is 1.31. The van der Waals surface area contributed by atoms with E-state index in [2.05, 4.69) is 6.92 Å². The van der Waals surface area contributed by atoms with Crippen molar-refractivity contribution in [3.8, 4) is 0 Å². The number of ketones is 1. The van der Waals surface area contributed by atoms with Crippen LogP contribution in [-0.4, -0.2) is 69.0 Å². The van der Waals surface area contributed by atoms with Crippen molar-refractivity contribution in [1.82, 2.24) is 0 Å². The Hall–Kier alpha value is -1.32. The number of aliphatic carboxylic acids is 1. The van der Waals surface area contributed by atoms with Crippen molar-refractivity contribution < 1.29 is 39.5 Å². The zero-order chi connectivity index (χ0) is 22.8. The molecule has 1 aliphatic heterocycles. The molecule has 1 heterocycles. The Morgan fingerprint density at radius 1 is 1.03 bits per heavy atom. The van der Waals surface area contributed by atoms with Crippen LogP contribution in [0.4, 0.5) is 0 Å². The van der Waals surface area contributed by atoms with E-state index in [-0.39, 0.29) is 17.3 Å². The van der Waals surface area contributed by atoms with Crippen molar-refractivity contribution >= 4 is 11.8 Å². The van der Waals surface area contributed by atoms with Crippen LogP contribution < -0.4 is 0 Å². The van der Waals surface area contributed by atoms with Crippen LogP contribution in [-0.2, 0) is 19.1 Å². The van der Waals surface area contributed by atoms with Gasteiger partial charge >= 0.3 is 5.97 Å². The molecule has 0 aromatic rings. The lowest BCUT2D eigenvalue weighted by Crippen LogP contribution is -2.61. The summed E-state index contributed by atoms with van der Waals surface area (Å²) in [6.45, 7) is 2.23. The highest BCUT2D eigenvalue weighted by Crippen LogP contribution is 2.62. The molecule has 0 aromatic heterocycles. The second-order valence-electron chi connectivity index (χ2n) is 10.8. The van der Waals surface area contributed by atoms with Gasteiger partial charge in [-0.05, 0) is 80.1 Å². The quantitative estimate of drug-likeness (QED) is 0.507. The number of allylic oxidation sites excluding steroid dienone is 1. The van der Waals surface area contributed by atoms with Crippen LogP contribution in [0.5, 0.6) is 0 Å². The smallest absolute Gasteiger partial charge is 0.335 e. The molecule has 5 rings (SSSR count). The van der Waals surface area contributed by atoms with E-state index in [9.17, 15) is 30.0 Å². The fourth-order valence-electron chi connectivity index (χ4n) is 7.68. The molecule has 32 heavy (non-hydrogen) atoms. The van der Waals surface area contributed by atoms with E-state index in [1.165, 1.54) is 5.57 Å². The zero-order valence-electron chi connectivity index (χ0n) is 18.4. The molecule has 178 valence electrons. The summed E-state index contributed by atoms with van der Waals surface area (Å²) in [4.78, 5) is 23.3. The number of aliphatic hydroxyl groups is 3. The molecular formula is C24H34O8. The lowest BCUT2D eigenvalue weighted by molar-refractivity contribution is -0.312. The molecular weight excluding hydrogens is 416 g/mol. The normalized spacial score (nSPS) is 50.8. The highest BCUT2D eigenvalue weighted by Gasteiger charge is 2.58. The van der Waals surface area contributed by atoms with Gasteiger partial charge in [-0.3, -0.25) is 4.79 Å². The van der Waals surface area contributed by atoms with E-state index in [1.807, 2.05) is 6.08 Å².